The number of hydrogen-bond acceptors (Lipinski definition) is 4. The predicted octanol–water partition coefficient (Wildman–Crippen LogP) is 2.70. The summed E-state index contributed by atoms with van der Waals surface area (Å²) < 4.78 is 5.58. The zero-order chi connectivity index (χ0) is 19.5. The van der Waals surface area contributed by atoms with Gasteiger partial charge in [-0.2, -0.15) is 0 Å². The smallest absolute Gasteiger partial charge is 0.243 e. The van der Waals surface area contributed by atoms with Gasteiger partial charge >= 0.3 is 0 Å². The van der Waals surface area contributed by atoms with Gasteiger partial charge in [0.1, 0.15) is 11.8 Å². The molecule has 0 spiro atoms. The Bertz CT molecular complexity index is 705. The molecule has 0 radical (unpaired) electrons. The molecule has 6 nitrogen and oxygen atoms in total. The molecule has 2 rings (SSSR count). The van der Waals surface area contributed by atoms with Crippen molar-refractivity contribution in [1.29, 1.82) is 0 Å². The number of amides is 2. The molecule has 1 heterocycles. The highest BCUT2D eigenvalue weighted by Crippen LogP contribution is 2.09. The molecule has 0 bridgehead atoms. The third kappa shape index (κ3) is 7.48. The summed E-state index contributed by atoms with van der Waals surface area (Å²) >= 11 is 0. The van der Waals surface area contributed by atoms with Gasteiger partial charge in [0.15, 0.2) is 0 Å². The number of aromatic nitrogens is 1. The first-order chi connectivity index (χ1) is 13.1. The zero-order valence-corrected chi connectivity index (χ0v) is 15.9. The van der Waals surface area contributed by atoms with E-state index in [0.717, 1.165) is 11.3 Å². The van der Waals surface area contributed by atoms with Crippen LogP contribution in [0.5, 0.6) is 5.75 Å². The Morgan fingerprint density at radius 3 is 2.56 bits per heavy atom. The van der Waals surface area contributed by atoms with Crippen LogP contribution in [-0.2, 0) is 16.1 Å². The summed E-state index contributed by atoms with van der Waals surface area (Å²) in [7, 11) is 0. The molecule has 0 saturated carbocycles. The molecule has 27 heavy (non-hydrogen) atoms. The minimum Gasteiger partial charge on any atom is -0.494 e. The number of nitrogens with zero attached hydrogens (tertiary/aromatic N) is 1. The van der Waals surface area contributed by atoms with Crippen molar-refractivity contribution >= 4 is 11.8 Å². The fourth-order valence-corrected chi connectivity index (χ4v) is 2.52. The van der Waals surface area contributed by atoms with Gasteiger partial charge in [0.2, 0.25) is 11.8 Å². The van der Waals surface area contributed by atoms with Crippen LogP contribution < -0.4 is 15.4 Å². The molecule has 0 aliphatic rings. The summed E-state index contributed by atoms with van der Waals surface area (Å²) in [6, 6.07) is 12.6. The van der Waals surface area contributed by atoms with Crippen LogP contribution in [0, 0.1) is 5.92 Å². The van der Waals surface area contributed by atoms with Crippen molar-refractivity contribution < 1.29 is 14.3 Å². The molecule has 6 heteroatoms. The molecule has 1 aromatic heterocycles. The number of rotatable bonds is 10. The molecule has 2 amide bonds. The van der Waals surface area contributed by atoms with Crippen LogP contribution in [0.3, 0.4) is 0 Å². The number of pyridine rings is 1. The lowest BCUT2D eigenvalue weighted by Gasteiger charge is -2.21. The van der Waals surface area contributed by atoms with Crippen LogP contribution in [0.15, 0.2) is 54.9 Å². The van der Waals surface area contributed by atoms with Crippen molar-refractivity contribution in [2.45, 2.75) is 39.3 Å². The van der Waals surface area contributed by atoms with E-state index in [1.54, 1.807) is 12.4 Å². The molecule has 0 fully saturated rings. The van der Waals surface area contributed by atoms with Crippen molar-refractivity contribution in [2.24, 2.45) is 5.92 Å². The van der Waals surface area contributed by atoms with Gasteiger partial charge in [-0.3, -0.25) is 14.6 Å². The lowest BCUT2D eigenvalue weighted by molar-refractivity contribution is -0.130. The third-order valence-corrected chi connectivity index (χ3v) is 4.02. The number of carbonyl (C=O) groups is 2. The average Bonchev–Trinajstić information content (AvgIpc) is 2.69. The van der Waals surface area contributed by atoms with E-state index < -0.39 is 6.04 Å². The van der Waals surface area contributed by atoms with Crippen molar-refractivity contribution in [3.63, 3.8) is 0 Å². The summed E-state index contributed by atoms with van der Waals surface area (Å²) in [5.74, 6) is 0.431. The van der Waals surface area contributed by atoms with Crippen molar-refractivity contribution in [1.82, 2.24) is 15.6 Å². The van der Waals surface area contributed by atoms with Crippen LogP contribution >= 0.6 is 0 Å². The zero-order valence-electron chi connectivity index (χ0n) is 15.9. The molecule has 0 unspecified atom stereocenters. The Labute approximate surface area is 160 Å². The number of carbonyl (C=O) groups excluding carboxylic acids is 2. The largest absolute Gasteiger partial charge is 0.494 e. The van der Waals surface area contributed by atoms with E-state index in [2.05, 4.69) is 15.6 Å². The first-order valence-electron chi connectivity index (χ1n) is 9.20. The van der Waals surface area contributed by atoms with Crippen molar-refractivity contribution in [3.8, 4) is 5.75 Å². The number of para-hydroxylation sites is 1. The van der Waals surface area contributed by atoms with Gasteiger partial charge in [-0.15, -0.1) is 0 Å². The molecular weight excluding hydrogens is 342 g/mol. The van der Waals surface area contributed by atoms with E-state index in [4.69, 9.17) is 4.74 Å². The second-order valence-electron chi connectivity index (χ2n) is 6.63. The topological polar surface area (TPSA) is 80.3 Å². The summed E-state index contributed by atoms with van der Waals surface area (Å²) in [5.41, 5.74) is 0.915. The van der Waals surface area contributed by atoms with E-state index in [1.807, 2.05) is 56.3 Å². The Kier molecular flexibility index (Phi) is 8.29. The van der Waals surface area contributed by atoms with Gasteiger partial charge in [0.25, 0.3) is 0 Å². The van der Waals surface area contributed by atoms with E-state index in [-0.39, 0.29) is 17.7 Å². The number of ether oxygens (including phenoxy) is 1. The summed E-state index contributed by atoms with van der Waals surface area (Å²) in [6.45, 7) is 4.66. The third-order valence-electron chi connectivity index (χ3n) is 4.02. The molecule has 1 atom stereocenters. The second-order valence-corrected chi connectivity index (χ2v) is 6.63. The number of hydrogen-bond donors (Lipinski definition) is 2. The Hall–Kier alpha value is -2.89. The highest BCUT2D eigenvalue weighted by molar-refractivity contribution is 5.87. The molecule has 0 aliphatic heterocycles. The quantitative estimate of drug-likeness (QED) is 0.631. The van der Waals surface area contributed by atoms with Crippen molar-refractivity contribution in [3.05, 3.63) is 60.4 Å². The Morgan fingerprint density at radius 2 is 1.89 bits per heavy atom. The van der Waals surface area contributed by atoms with E-state index in [1.165, 1.54) is 0 Å². The lowest BCUT2D eigenvalue weighted by atomic mass is 10.0. The minimum absolute atomic E-state index is 0.0107. The Morgan fingerprint density at radius 1 is 1.11 bits per heavy atom. The molecule has 0 saturated heterocycles. The second kappa shape index (κ2) is 11.0. The maximum absolute atomic E-state index is 12.4. The van der Waals surface area contributed by atoms with Gasteiger partial charge in [-0.25, -0.2) is 0 Å². The maximum Gasteiger partial charge on any atom is 0.243 e. The number of nitrogens with one attached hydrogen (secondary N) is 2. The van der Waals surface area contributed by atoms with Crippen LogP contribution in [0.2, 0.25) is 0 Å². The maximum atomic E-state index is 12.4. The summed E-state index contributed by atoms with van der Waals surface area (Å²) in [5, 5.41) is 5.69. The first kappa shape index (κ1) is 20.4. The van der Waals surface area contributed by atoms with Crippen molar-refractivity contribution in [2.75, 3.05) is 6.61 Å². The molecular formula is C21H27N3O3. The van der Waals surface area contributed by atoms with E-state index in [0.29, 0.717) is 26.0 Å². The normalized spacial score (nSPS) is 11.7. The molecule has 2 aromatic rings. The predicted molar refractivity (Wildman–Crippen MR) is 104 cm³/mol. The highest BCUT2D eigenvalue weighted by Gasteiger charge is 2.23. The van der Waals surface area contributed by atoms with Crippen LogP contribution in [0.25, 0.3) is 0 Å². The first-order valence-corrected chi connectivity index (χ1v) is 9.20. The molecule has 0 aliphatic carbocycles. The molecule has 144 valence electrons. The molecule has 2 N–H and O–H groups in total. The summed E-state index contributed by atoms with van der Waals surface area (Å²) in [6.07, 6.45) is 4.29. The van der Waals surface area contributed by atoms with Gasteiger partial charge in [-0.05, 0) is 36.1 Å². The summed E-state index contributed by atoms with van der Waals surface area (Å²) in [4.78, 5) is 28.7. The van der Waals surface area contributed by atoms with Gasteiger partial charge in [-0.1, -0.05) is 38.1 Å². The van der Waals surface area contributed by atoms with Gasteiger partial charge < -0.3 is 15.4 Å². The average molecular weight is 369 g/mol. The van der Waals surface area contributed by atoms with Crippen LogP contribution in [0.1, 0.15) is 32.3 Å². The van der Waals surface area contributed by atoms with Crippen LogP contribution in [0.4, 0.5) is 0 Å². The van der Waals surface area contributed by atoms with Crippen LogP contribution in [-0.4, -0.2) is 29.4 Å². The Balaban J connectivity index is 1.73. The lowest BCUT2D eigenvalue weighted by Crippen LogP contribution is -2.49. The molecule has 1 aromatic carbocycles. The van der Waals surface area contributed by atoms with E-state index >= 15 is 0 Å². The monoisotopic (exact) mass is 369 g/mol. The number of benzene rings is 1. The minimum atomic E-state index is -0.566. The van der Waals surface area contributed by atoms with Gasteiger partial charge in [0, 0.05) is 25.4 Å². The fraction of sp³-hybridized carbons (Fsp3) is 0.381. The highest BCUT2D eigenvalue weighted by atomic mass is 16.5. The standard InChI is InChI=1S/C21H27N3O3/c1-16(2)20(21(26)23-15-17-8-6-12-22-14-17)24-19(25)11-7-13-27-18-9-4-3-5-10-18/h3-6,8-10,12,14,16,20H,7,11,13,15H2,1-2H3,(H,23,26)(H,24,25)/t20-/m0/s1. The van der Waals surface area contributed by atoms with E-state index in [9.17, 15) is 9.59 Å². The fourth-order valence-electron chi connectivity index (χ4n) is 2.52. The van der Waals surface area contributed by atoms with Gasteiger partial charge in [0.05, 0.1) is 6.61 Å². The SMILES string of the molecule is CC(C)[C@H](NC(=O)CCCOc1ccccc1)C(=O)NCc1cccnc1.